The average Bonchev–Trinajstić information content (AvgIpc) is 2.69. The SMILES string of the molecule is N#CC(CCc1ccccc1O)(Cc1ccccc1)Cc1ccccc1. The standard InChI is InChI=1S/C24H23NO/c25-19-24(17-20-9-3-1-4-10-20,18-21-11-5-2-6-12-21)16-15-22-13-7-8-14-23(22)26/h1-14,26H,15-18H2. The summed E-state index contributed by atoms with van der Waals surface area (Å²) >= 11 is 0. The van der Waals surface area contributed by atoms with Gasteiger partial charge in [-0.15, -0.1) is 0 Å². The van der Waals surface area contributed by atoms with E-state index in [2.05, 4.69) is 30.3 Å². The van der Waals surface area contributed by atoms with Crippen molar-refractivity contribution in [1.29, 1.82) is 5.26 Å². The van der Waals surface area contributed by atoms with Crippen molar-refractivity contribution in [2.75, 3.05) is 0 Å². The first-order valence-electron chi connectivity index (χ1n) is 8.97. The van der Waals surface area contributed by atoms with Crippen LogP contribution in [0.1, 0.15) is 23.1 Å². The first-order valence-corrected chi connectivity index (χ1v) is 8.97. The van der Waals surface area contributed by atoms with E-state index in [1.165, 1.54) is 11.1 Å². The van der Waals surface area contributed by atoms with Crippen LogP contribution in [0.2, 0.25) is 0 Å². The highest BCUT2D eigenvalue weighted by Gasteiger charge is 2.31. The Hall–Kier alpha value is -3.05. The molecule has 0 aliphatic carbocycles. The number of aryl methyl sites for hydroxylation is 1. The molecular weight excluding hydrogens is 318 g/mol. The second-order valence-electron chi connectivity index (χ2n) is 6.85. The van der Waals surface area contributed by atoms with E-state index in [0.717, 1.165) is 5.56 Å². The van der Waals surface area contributed by atoms with E-state index in [-0.39, 0.29) is 0 Å². The van der Waals surface area contributed by atoms with E-state index in [4.69, 9.17) is 0 Å². The van der Waals surface area contributed by atoms with Gasteiger partial charge in [0.1, 0.15) is 5.75 Å². The highest BCUT2D eigenvalue weighted by atomic mass is 16.3. The maximum atomic E-state index is 10.1. The van der Waals surface area contributed by atoms with Gasteiger partial charge < -0.3 is 5.11 Å². The van der Waals surface area contributed by atoms with Crippen molar-refractivity contribution in [2.24, 2.45) is 5.41 Å². The number of phenolic OH excluding ortho intramolecular Hbond substituents is 1. The van der Waals surface area contributed by atoms with Gasteiger partial charge in [0.25, 0.3) is 0 Å². The third kappa shape index (κ3) is 4.52. The maximum Gasteiger partial charge on any atom is 0.118 e. The van der Waals surface area contributed by atoms with Crippen molar-refractivity contribution in [3.05, 3.63) is 102 Å². The van der Waals surface area contributed by atoms with Gasteiger partial charge in [-0.3, -0.25) is 0 Å². The van der Waals surface area contributed by atoms with Gasteiger partial charge in [-0.25, -0.2) is 0 Å². The monoisotopic (exact) mass is 341 g/mol. The zero-order valence-electron chi connectivity index (χ0n) is 14.8. The number of aromatic hydroxyl groups is 1. The molecule has 0 aliphatic rings. The summed E-state index contributed by atoms with van der Waals surface area (Å²) in [5.74, 6) is 0.304. The van der Waals surface area contributed by atoms with E-state index in [1.807, 2.05) is 54.6 Å². The van der Waals surface area contributed by atoms with Gasteiger partial charge in [-0.1, -0.05) is 78.9 Å². The topological polar surface area (TPSA) is 44.0 Å². The van der Waals surface area contributed by atoms with E-state index < -0.39 is 5.41 Å². The maximum absolute atomic E-state index is 10.1. The summed E-state index contributed by atoms with van der Waals surface area (Å²) < 4.78 is 0. The van der Waals surface area contributed by atoms with Crippen molar-refractivity contribution in [2.45, 2.75) is 25.7 Å². The Labute approximate surface area is 155 Å². The number of nitrogens with zero attached hydrogens (tertiary/aromatic N) is 1. The summed E-state index contributed by atoms with van der Waals surface area (Å²) in [7, 11) is 0. The highest BCUT2D eigenvalue weighted by molar-refractivity contribution is 5.33. The Morgan fingerprint density at radius 1 is 0.731 bits per heavy atom. The molecule has 2 nitrogen and oxygen atoms in total. The summed E-state index contributed by atoms with van der Waals surface area (Å²) in [6, 6.07) is 30.4. The number of benzene rings is 3. The lowest BCUT2D eigenvalue weighted by Gasteiger charge is -2.27. The molecule has 0 unspecified atom stereocenters. The number of hydrogen-bond donors (Lipinski definition) is 1. The molecule has 0 heterocycles. The van der Waals surface area contributed by atoms with Gasteiger partial charge in [0.05, 0.1) is 11.5 Å². The van der Waals surface area contributed by atoms with E-state index >= 15 is 0 Å². The minimum Gasteiger partial charge on any atom is -0.508 e. The fourth-order valence-corrected chi connectivity index (χ4v) is 3.44. The van der Waals surface area contributed by atoms with Crippen LogP contribution in [0, 0.1) is 16.7 Å². The number of hydrogen-bond acceptors (Lipinski definition) is 2. The van der Waals surface area contributed by atoms with Crippen molar-refractivity contribution in [3.8, 4) is 11.8 Å². The molecule has 26 heavy (non-hydrogen) atoms. The zero-order valence-corrected chi connectivity index (χ0v) is 14.8. The Morgan fingerprint density at radius 3 is 1.73 bits per heavy atom. The van der Waals surface area contributed by atoms with Crippen LogP contribution >= 0.6 is 0 Å². The van der Waals surface area contributed by atoms with Gasteiger partial charge in [-0.05, 0) is 48.4 Å². The molecule has 0 saturated heterocycles. The predicted octanol–water partition coefficient (Wildman–Crippen LogP) is 5.32. The first-order chi connectivity index (χ1) is 12.7. The number of nitriles is 1. The second-order valence-corrected chi connectivity index (χ2v) is 6.85. The quantitative estimate of drug-likeness (QED) is 0.632. The normalized spacial score (nSPS) is 11.0. The molecule has 0 atom stereocenters. The largest absolute Gasteiger partial charge is 0.508 e. The Kier molecular flexibility index (Phi) is 5.71. The van der Waals surface area contributed by atoms with Gasteiger partial charge in [-0.2, -0.15) is 5.26 Å². The van der Waals surface area contributed by atoms with Gasteiger partial charge in [0, 0.05) is 0 Å². The van der Waals surface area contributed by atoms with Crippen molar-refractivity contribution in [1.82, 2.24) is 0 Å². The molecule has 0 radical (unpaired) electrons. The molecular formula is C24H23NO. The van der Waals surface area contributed by atoms with Gasteiger partial charge in [0.2, 0.25) is 0 Å². The van der Waals surface area contributed by atoms with Crippen LogP contribution in [-0.4, -0.2) is 5.11 Å². The Morgan fingerprint density at radius 2 is 1.23 bits per heavy atom. The second kappa shape index (κ2) is 8.36. The van der Waals surface area contributed by atoms with Crippen LogP contribution in [0.5, 0.6) is 5.75 Å². The van der Waals surface area contributed by atoms with E-state index in [9.17, 15) is 10.4 Å². The first kappa shape index (κ1) is 17.8. The minimum absolute atomic E-state index is 0.304. The highest BCUT2D eigenvalue weighted by Crippen LogP contribution is 2.34. The van der Waals surface area contributed by atoms with Gasteiger partial charge >= 0.3 is 0 Å². The van der Waals surface area contributed by atoms with Crippen molar-refractivity contribution in [3.63, 3.8) is 0 Å². The fourth-order valence-electron chi connectivity index (χ4n) is 3.44. The Balaban J connectivity index is 1.86. The molecule has 3 rings (SSSR count). The molecule has 0 aliphatic heterocycles. The van der Waals surface area contributed by atoms with Crippen LogP contribution in [0.25, 0.3) is 0 Å². The predicted molar refractivity (Wildman–Crippen MR) is 105 cm³/mol. The number of para-hydroxylation sites is 1. The van der Waals surface area contributed by atoms with Crippen LogP contribution in [0.3, 0.4) is 0 Å². The molecule has 0 amide bonds. The lowest BCUT2D eigenvalue weighted by atomic mass is 9.74. The smallest absolute Gasteiger partial charge is 0.118 e. The molecule has 0 bridgehead atoms. The van der Waals surface area contributed by atoms with Crippen LogP contribution < -0.4 is 0 Å². The molecule has 1 N–H and O–H groups in total. The molecule has 0 fully saturated rings. The third-order valence-corrected chi connectivity index (χ3v) is 4.87. The Bertz CT molecular complexity index is 824. The summed E-state index contributed by atoms with van der Waals surface area (Å²) in [5.41, 5.74) is 2.73. The molecule has 130 valence electrons. The van der Waals surface area contributed by atoms with E-state index in [0.29, 0.717) is 31.4 Å². The molecule has 3 aromatic rings. The lowest BCUT2D eigenvalue weighted by molar-refractivity contribution is 0.354. The summed E-state index contributed by atoms with van der Waals surface area (Å²) in [5, 5.41) is 20.2. The molecule has 0 spiro atoms. The number of rotatable bonds is 7. The third-order valence-electron chi connectivity index (χ3n) is 4.87. The van der Waals surface area contributed by atoms with Crippen molar-refractivity contribution < 1.29 is 5.11 Å². The molecule has 0 saturated carbocycles. The fraction of sp³-hybridized carbons (Fsp3) is 0.208. The van der Waals surface area contributed by atoms with E-state index in [1.54, 1.807) is 6.07 Å². The van der Waals surface area contributed by atoms with Crippen LogP contribution in [0.4, 0.5) is 0 Å². The molecule has 0 aromatic heterocycles. The van der Waals surface area contributed by atoms with Gasteiger partial charge in [0.15, 0.2) is 0 Å². The van der Waals surface area contributed by atoms with Crippen LogP contribution in [-0.2, 0) is 19.3 Å². The zero-order chi connectivity index (χ0) is 18.2. The summed E-state index contributed by atoms with van der Waals surface area (Å²) in [4.78, 5) is 0. The lowest BCUT2D eigenvalue weighted by Crippen LogP contribution is -2.26. The summed E-state index contributed by atoms with van der Waals surface area (Å²) in [6.07, 6.45) is 2.78. The van der Waals surface area contributed by atoms with Crippen molar-refractivity contribution >= 4 is 0 Å². The average molecular weight is 341 g/mol. The molecule has 3 aromatic carbocycles. The number of phenols is 1. The minimum atomic E-state index is -0.509. The molecule has 2 heteroatoms. The summed E-state index contributed by atoms with van der Waals surface area (Å²) in [6.45, 7) is 0. The van der Waals surface area contributed by atoms with Crippen LogP contribution in [0.15, 0.2) is 84.9 Å².